The fourth-order valence-electron chi connectivity index (χ4n) is 3.56. The molecule has 4 nitrogen and oxygen atoms in total. The van der Waals surface area contributed by atoms with Gasteiger partial charge < -0.3 is 9.84 Å². The van der Waals surface area contributed by atoms with Crippen LogP contribution in [-0.2, 0) is 16.0 Å². The van der Waals surface area contributed by atoms with E-state index in [1.807, 2.05) is 0 Å². The van der Waals surface area contributed by atoms with Crippen molar-refractivity contribution in [1.29, 1.82) is 0 Å². The van der Waals surface area contributed by atoms with Crippen molar-refractivity contribution in [1.82, 2.24) is 4.90 Å². The minimum absolute atomic E-state index is 0.124. The van der Waals surface area contributed by atoms with E-state index in [1.54, 1.807) is 0 Å². The van der Waals surface area contributed by atoms with Crippen LogP contribution in [0.25, 0.3) is 0 Å². The number of aliphatic carboxylic acids is 1. The molecular formula is C17H23NO3. The molecule has 1 aromatic carbocycles. The van der Waals surface area contributed by atoms with Crippen molar-refractivity contribution in [2.24, 2.45) is 5.92 Å². The van der Waals surface area contributed by atoms with Crippen LogP contribution in [0.15, 0.2) is 24.3 Å². The van der Waals surface area contributed by atoms with E-state index >= 15 is 0 Å². The number of piperidine rings is 1. The topological polar surface area (TPSA) is 49.8 Å². The summed E-state index contributed by atoms with van der Waals surface area (Å²) in [6.45, 7) is 4.62. The minimum Gasteiger partial charge on any atom is -0.481 e. The van der Waals surface area contributed by atoms with Crippen LogP contribution in [0.3, 0.4) is 0 Å². The van der Waals surface area contributed by atoms with E-state index in [1.165, 1.54) is 11.1 Å². The maximum atomic E-state index is 11.1. The summed E-state index contributed by atoms with van der Waals surface area (Å²) in [5.41, 5.74) is 2.69. The number of carboxylic acids is 1. The number of hydrogen-bond donors (Lipinski definition) is 1. The quantitative estimate of drug-likeness (QED) is 0.929. The number of likely N-dealkylation sites (tertiary alicyclic amines) is 1. The highest BCUT2D eigenvalue weighted by Gasteiger charge is 2.32. The van der Waals surface area contributed by atoms with Crippen LogP contribution in [0.1, 0.15) is 37.0 Å². The van der Waals surface area contributed by atoms with Gasteiger partial charge >= 0.3 is 5.97 Å². The Morgan fingerprint density at radius 3 is 3.00 bits per heavy atom. The molecular weight excluding hydrogens is 266 g/mol. The highest BCUT2D eigenvalue weighted by molar-refractivity contribution is 5.70. The third kappa shape index (κ3) is 3.11. The predicted molar refractivity (Wildman–Crippen MR) is 80.2 cm³/mol. The number of ether oxygens (including phenoxy) is 1. The van der Waals surface area contributed by atoms with Crippen molar-refractivity contribution in [2.45, 2.75) is 38.3 Å². The SMILES string of the molecule is CC1CC(C(=O)O)CCN1CC1OCCc2ccccc21. The average molecular weight is 289 g/mol. The highest BCUT2D eigenvalue weighted by Crippen LogP contribution is 2.30. The maximum absolute atomic E-state index is 11.1. The van der Waals surface area contributed by atoms with Crippen molar-refractivity contribution in [3.63, 3.8) is 0 Å². The fourth-order valence-corrected chi connectivity index (χ4v) is 3.56. The first-order valence-corrected chi connectivity index (χ1v) is 7.81. The third-order valence-electron chi connectivity index (χ3n) is 4.86. The lowest BCUT2D eigenvalue weighted by atomic mass is 9.90. The summed E-state index contributed by atoms with van der Waals surface area (Å²) in [6, 6.07) is 8.80. The number of carboxylic acid groups (broad SMARTS) is 1. The zero-order chi connectivity index (χ0) is 14.8. The molecule has 0 amide bonds. The summed E-state index contributed by atoms with van der Waals surface area (Å²) < 4.78 is 5.97. The Hall–Kier alpha value is -1.39. The molecule has 0 bridgehead atoms. The largest absolute Gasteiger partial charge is 0.481 e. The first-order chi connectivity index (χ1) is 10.1. The lowest BCUT2D eigenvalue weighted by Crippen LogP contribution is -2.45. The fraction of sp³-hybridized carbons (Fsp3) is 0.588. The van der Waals surface area contributed by atoms with Gasteiger partial charge in [0.05, 0.1) is 18.6 Å². The number of benzene rings is 1. The second kappa shape index (κ2) is 6.16. The van der Waals surface area contributed by atoms with Crippen molar-refractivity contribution < 1.29 is 14.6 Å². The van der Waals surface area contributed by atoms with Crippen molar-refractivity contribution in [3.8, 4) is 0 Å². The zero-order valence-electron chi connectivity index (χ0n) is 12.5. The van der Waals surface area contributed by atoms with E-state index in [2.05, 4.69) is 36.1 Å². The Balaban J connectivity index is 1.67. The molecule has 3 rings (SSSR count). The first-order valence-electron chi connectivity index (χ1n) is 7.81. The molecule has 21 heavy (non-hydrogen) atoms. The normalized spacial score (nSPS) is 29.9. The summed E-state index contributed by atoms with van der Waals surface area (Å²) >= 11 is 0. The molecule has 3 atom stereocenters. The molecule has 0 saturated carbocycles. The van der Waals surface area contributed by atoms with E-state index in [0.717, 1.165) is 39.0 Å². The molecule has 4 heteroatoms. The molecule has 2 aliphatic heterocycles. The van der Waals surface area contributed by atoms with Gasteiger partial charge in [0.15, 0.2) is 0 Å². The van der Waals surface area contributed by atoms with E-state index in [4.69, 9.17) is 9.84 Å². The minimum atomic E-state index is -0.652. The van der Waals surface area contributed by atoms with Gasteiger partial charge in [-0.1, -0.05) is 24.3 Å². The summed E-state index contributed by atoms with van der Waals surface area (Å²) in [5, 5.41) is 9.15. The summed E-state index contributed by atoms with van der Waals surface area (Å²) in [6.07, 6.45) is 2.60. The van der Waals surface area contributed by atoms with Gasteiger partial charge in [-0.3, -0.25) is 9.69 Å². The third-order valence-corrected chi connectivity index (χ3v) is 4.86. The smallest absolute Gasteiger partial charge is 0.306 e. The molecule has 2 aliphatic rings. The number of carbonyl (C=O) groups is 1. The molecule has 3 unspecified atom stereocenters. The second-order valence-corrected chi connectivity index (χ2v) is 6.21. The van der Waals surface area contributed by atoms with Gasteiger partial charge in [-0.25, -0.2) is 0 Å². The van der Waals surface area contributed by atoms with Crippen molar-refractivity contribution in [3.05, 3.63) is 35.4 Å². The Morgan fingerprint density at radius 2 is 2.24 bits per heavy atom. The van der Waals surface area contributed by atoms with Gasteiger partial charge in [0.25, 0.3) is 0 Å². The van der Waals surface area contributed by atoms with Crippen LogP contribution >= 0.6 is 0 Å². The Kier molecular flexibility index (Phi) is 4.27. The molecule has 1 N–H and O–H groups in total. The van der Waals surface area contributed by atoms with Gasteiger partial charge in [0.1, 0.15) is 0 Å². The standard InChI is InChI=1S/C17H23NO3/c1-12-10-14(17(19)20)6-8-18(12)11-16-15-5-3-2-4-13(15)7-9-21-16/h2-5,12,14,16H,6-11H2,1H3,(H,19,20). The van der Waals surface area contributed by atoms with Crippen molar-refractivity contribution in [2.75, 3.05) is 19.7 Å². The Morgan fingerprint density at radius 1 is 1.43 bits per heavy atom. The van der Waals surface area contributed by atoms with Crippen LogP contribution in [-0.4, -0.2) is 41.7 Å². The van der Waals surface area contributed by atoms with Crippen molar-refractivity contribution >= 4 is 5.97 Å². The molecule has 0 aromatic heterocycles. The van der Waals surface area contributed by atoms with E-state index in [9.17, 15) is 4.79 Å². The van der Waals surface area contributed by atoms with Crippen LogP contribution in [0.5, 0.6) is 0 Å². The van der Waals surface area contributed by atoms with Gasteiger partial charge in [-0.05, 0) is 43.9 Å². The molecule has 2 heterocycles. The first kappa shape index (κ1) is 14.5. The summed E-state index contributed by atoms with van der Waals surface area (Å²) in [7, 11) is 0. The maximum Gasteiger partial charge on any atom is 0.306 e. The van der Waals surface area contributed by atoms with Gasteiger partial charge in [-0.2, -0.15) is 0 Å². The molecule has 1 fully saturated rings. The monoisotopic (exact) mass is 289 g/mol. The molecule has 114 valence electrons. The van der Waals surface area contributed by atoms with Gasteiger partial charge in [0, 0.05) is 12.6 Å². The molecule has 1 saturated heterocycles. The molecule has 0 aliphatic carbocycles. The zero-order valence-corrected chi connectivity index (χ0v) is 12.5. The van der Waals surface area contributed by atoms with Crippen LogP contribution < -0.4 is 0 Å². The van der Waals surface area contributed by atoms with E-state index < -0.39 is 5.97 Å². The lowest BCUT2D eigenvalue weighted by molar-refractivity contribution is -0.144. The molecule has 1 aromatic rings. The predicted octanol–water partition coefficient (Wildman–Crippen LogP) is 2.49. The lowest BCUT2D eigenvalue weighted by Gasteiger charge is -2.39. The van der Waals surface area contributed by atoms with Crippen LogP contribution in [0, 0.1) is 5.92 Å². The molecule has 0 radical (unpaired) electrons. The number of fused-ring (bicyclic) bond motifs is 1. The average Bonchev–Trinajstić information content (AvgIpc) is 2.49. The number of hydrogen-bond acceptors (Lipinski definition) is 3. The van der Waals surface area contributed by atoms with Crippen LogP contribution in [0.4, 0.5) is 0 Å². The highest BCUT2D eigenvalue weighted by atomic mass is 16.5. The van der Waals surface area contributed by atoms with E-state index in [0.29, 0.717) is 6.04 Å². The summed E-state index contributed by atoms with van der Waals surface area (Å²) in [5.74, 6) is -0.837. The van der Waals surface area contributed by atoms with Gasteiger partial charge in [0.2, 0.25) is 0 Å². The number of rotatable bonds is 3. The Bertz CT molecular complexity index is 517. The van der Waals surface area contributed by atoms with Gasteiger partial charge in [-0.15, -0.1) is 0 Å². The Labute approximate surface area is 125 Å². The number of nitrogens with zero attached hydrogens (tertiary/aromatic N) is 1. The van der Waals surface area contributed by atoms with E-state index in [-0.39, 0.29) is 12.0 Å². The molecule has 0 spiro atoms. The second-order valence-electron chi connectivity index (χ2n) is 6.21. The summed E-state index contributed by atoms with van der Waals surface area (Å²) in [4.78, 5) is 13.5. The van der Waals surface area contributed by atoms with Crippen LogP contribution in [0.2, 0.25) is 0 Å².